The van der Waals surface area contributed by atoms with Crippen LogP contribution in [0.4, 0.5) is 4.79 Å². The molecule has 0 saturated heterocycles. The van der Waals surface area contributed by atoms with Gasteiger partial charge in [-0.2, -0.15) is 0 Å². The van der Waals surface area contributed by atoms with Gasteiger partial charge in [0, 0.05) is 19.1 Å². The Morgan fingerprint density at radius 3 is 2.78 bits per heavy atom. The van der Waals surface area contributed by atoms with Crippen LogP contribution in [0.5, 0.6) is 0 Å². The SMILES string of the molecule is CC1=CCN(C(=O)NC2CCC(C(=O)O)C2)CC1. The van der Waals surface area contributed by atoms with Crippen LogP contribution in [0.1, 0.15) is 32.6 Å². The molecule has 2 N–H and O–H groups in total. The molecule has 2 aliphatic rings. The smallest absolute Gasteiger partial charge is 0.317 e. The molecule has 0 aromatic carbocycles. The molecule has 0 radical (unpaired) electrons. The molecule has 1 saturated carbocycles. The molecule has 1 fully saturated rings. The summed E-state index contributed by atoms with van der Waals surface area (Å²) >= 11 is 0. The van der Waals surface area contributed by atoms with Crippen LogP contribution in [-0.4, -0.2) is 41.1 Å². The van der Waals surface area contributed by atoms with Crippen LogP contribution in [0.15, 0.2) is 11.6 Å². The highest BCUT2D eigenvalue weighted by Gasteiger charge is 2.31. The quantitative estimate of drug-likeness (QED) is 0.733. The molecule has 1 aliphatic heterocycles. The Hall–Kier alpha value is -1.52. The van der Waals surface area contributed by atoms with E-state index in [-0.39, 0.29) is 18.0 Å². The molecule has 2 unspecified atom stereocenters. The van der Waals surface area contributed by atoms with Crippen molar-refractivity contribution in [1.29, 1.82) is 0 Å². The van der Waals surface area contributed by atoms with Gasteiger partial charge in [0.05, 0.1) is 5.92 Å². The molecule has 2 rings (SSSR count). The number of carboxylic acid groups (broad SMARTS) is 1. The molecule has 5 heteroatoms. The summed E-state index contributed by atoms with van der Waals surface area (Å²) in [7, 11) is 0. The van der Waals surface area contributed by atoms with Gasteiger partial charge in [-0.1, -0.05) is 11.6 Å². The molecule has 0 spiro atoms. The Bertz CT molecular complexity index is 378. The third-order valence-corrected chi connectivity index (χ3v) is 3.83. The van der Waals surface area contributed by atoms with Gasteiger partial charge in [-0.3, -0.25) is 4.79 Å². The molecule has 2 amide bonds. The Balaban J connectivity index is 1.80. The van der Waals surface area contributed by atoms with Crippen LogP contribution in [0, 0.1) is 5.92 Å². The van der Waals surface area contributed by atoms with Gasteiger partial charge in [-0.05, 0) is 32.6 Å². The van der Waals surface area contributed by atoms with E-state index in [1.165, 1.54) is 5.57 Å². The van der Waals surface area contributed by atoms with Crippen LogP contribution >= 0.6 is 0 Å². The molecule has 1 heterocycles. The molecule has 0 aromatic heterocycles. The summed E-state index contributed by atoms with van der Waals surface area (Å²) < 4.78 is 0. The molecule has 0 aromatic rings. The lowest BCUT2D eigenvalue weighted by Gasteiger charge is -2.27. The Kier molecular flexibility index (Phi) is 3.89. The van der Waals surface area contributed by atoms with Gasteiger partial charge in [0.1, 0.15) is 0 Å². The highest BCUT2D eigenvalue weighted by molar-refractivity contribution is 5.75. The number of aliphatic carboxylic acids is 1. The fourth-order valence-corrected chi connectivity index (χ4v) is 2.56. The van der Waals surface area contributed by atoms with E-state index in [1.807, 2.05) is 0 Å². The van der Waals surface area contributed by atoms with Crippen molar-refractivity contribution in [2.24, 2.45) is 5.92 Å². The second-order valence-electron chi connectivity index (χ2n) is 5.24. The van der Waals surface area contributed by atoms with Crippen LogP contribution in [-0.2, 0) is 4.79 Å². The van der Waals surface area contributed by atoms with Crippen molar-refractivity contribution in [1.82, 2.24) is 10.2 Å². The normalized spacial score (nSPS) is 27.8. The summed E-state index contributed by atoms with van der Waals surface area (Å²) in [6, 6.07) is -0.0413. The number of hydrogen-bond acceptors (Lipinski definition) is 2. The van der Waals surface area contributed by atoms with Crippen LogP contribution < -0.4 is 5.32 Å². The van der Waals surface area contributed by atoms with E-state index in [9.17, 15) is 9.59 Å². The average Bonchev–Trinajstić information content (AvgIpc) is 2.78. The summed E-state index contributed by atoms with van der Waals surface area (Å²) in [6.45, 7) is 3.49. The van der Waals surface area contributed by atoms with Gasteiger partial charge in [0.15, 0.2) is 0 Å². The molecular formula is C13H20N2O3. The summed E-state index contributed by atoms with van der Waals surface area (Å²) in [5.41, 5.74) is 1.32. The molecule has 2 atom stereocenters. The maximum absolute atomic E-state index is 12.0. The van der Waals surface area contributed by atoms with Gasteiger partial charge in [-0.15, -0.1) is 0 Å². The zero-order chi connectivity index (χ0) is 13.1. The third-order valence-electron chi connectivity index (χ3n) is 3.83. The van der Waals surface area contributed by atoms with Crippen molar-refractivity contribution in [3.63, 3.8) is 0 Å². The molecular weight excluding hydrogens is 232 g/mol. The lowest BCUT2D eigenvalue weighted by molar-refractivity contribution is -0.141. The van der Waals surface area contributed by atoms with Crippen molar-refractivity contribution in [2.45, 2.75) is 38.6 Å². The summed E-state index contributed by atoms with van der Waals surface area (Å²) in [5.74, 6) is -1.04. The van der Waals surface area contributed by atoms with Gasteiger partial charge in [0.2, 0.25) is 0 Å². The van der Waals surface area contributed by atoms with Crippen molar-refractivity contribution in [3.8, 4) is 0 Å². The number of carbonyl (C=O) groups excluding carboxylic acids is 1. The maximum Gasteiger partial charge on any atom is 0.317 e. The van der Waals surface area contributed by atoms with E-state index in [4.69, 9.17) is 5.11 Å². The van der Waals surface area contributed by atoms with Crippen LogP contribution in [0.3, 0.4) is 0 Å². The van der Waals surface area contributed by atoms with Gasteiger partial charge < -0.3 is 15.3 Å². The molecule has 100 valence electrons. The maximum atomic E-state index is 12.0. The zero-order valence-electron chi connectivity index (χ0n) is 10.7. The second kappa shape index (κ2) is 5.42. The van der Waals surface area contributed by atoms with E-state index < -0.39 is 5.97 Å². The molecule has 18 heavy (non-hydrogen) atoms. The number of carboxylic acids is 1. The van der Waals surface area contributed by atoms with E-state index >= 15 is 0 Å². The van der Waals surface area contributed by atoms with Crippen molar-refractivity contribution in [3.05, 3.63) is 11.6 Å². The first-order valence-electron chi connectivity index (χ1n) is 6.50. The first-order valence-corrected chi connectivity index (χ1v) is 6.50. The molecule has 0 bridgehead atoms. The Labute approximate surface area is 107 Å². The van der Waals surface area contributed by atoms with Crippen LogP contribution in [0.25, 0.3) is 0 Å². The molecule has 1 aliphatic carbocycles. The zero-order valence-corrected chi connectivity index (χ0v) is 10.7. The monoisotopic (exact) mass is 252 g/mol. The number of rotatable bonds is 2. The summed E-state index contributed by atoms with van der Waals surface area (Å²) in [6.07, 6.45) is 4.99. The first-order chi connectivity index (χ1) is 8.56. The van der Waals surface area contributed by atoms with Gasteiger partial charge >= 0.3 is 12.0 Å². The topological polar surface area (TPSA) is 69.6 Å². The standard InChI is InChI=1S/C13H20N2O3/c1-9-4-6-15(7-5-9)13(18)14-11-3-2-10(8-11)12(16)17/h4,10-11H,2-3,5-8H2,1H3,(H,14,18)(H,16,17). The predicted octanol–water partition coefficient (Wildman–Crippen LogP) is 1.60. The first kappa shape index (κ1) is 12.9. The fourth-order valence-electron chi connectivity index (χ4n) is 2.56. The van der Waals surface area contributed by atoms with E-state index in [0.717, 1.165) is 19.4 Å². The average molecular weight is 252 g/mol. The van der Waals surface area contributed by atoms with Crippen molar-refractivity contribution >= 4 is 12.0 Å². The predicted molar refractivity (Wildman–Crippen MR) is 67.2 cm³/mol. The number of hydrogen-bond donors (Lipinski definition) is 2. The minimum absolute atomic E-state index is 0.0191. The second-order valence-corrected chi connectivity index (χ2v) is 5.24. The largest absolute Gasteiger partial charge is 0.481 e. The highest BCUT2D eigenvalue weighted by Crippen LogP contribution is 2.25. The minimum Gasteiger partial charge on any atom is -0.481 e. The fraction of sp³-hybridized carbons (Fsp3) is 0.692. The van der Waals surface area contributed by atoms with Crippen molar-refractivity contribution in [2.75, 3.05) is 13.1 Å². The summed E-state index contributed by atoms with van der Waals surface area (Å²) in [5, 5.41) is 11.9. The number of carbonyl (C=O) groups is 2. The number of nitrogens with zero attached hydrogens (tertiary/aromatic N) is 1. The van der Waals surface area contributed by atoms with Gasteiger partial charge in [-0.25, -0.2) is 4.79 Å². The number of amides is 2. The van der Waals surface area contributed by atoms with E-state index in [2.05, 4.69) is 18.3 Å². The summed E-state index contributed by atoms with van der Waals surface area (Å²) in [4.78, 5) is 24.6. The van der Waals surface area contributed by atoms with E-state index in [1.54, 1.807) is 4.90 Å². The lowest BCUT2D eigenvalue weighted by Crippen LogP contribution is -2.45. The van der Waals surface area contributed by atoms with Crippen LogP contribution in [0.2, 0.25) is 0 Å². The Morgan fingerprint density at radius 2 is 2.22 bits per heavy atom. The Morgan fingerprint density at radius 1 is 1.44 bits per heavy atom. The number of urea groups is 1. The third kappa shape index (κ3) is 3.03. The molecule has 5 nitrogen and oxygen atoms in total. The highest BCUT2D eigenvalue weighted by atomic mass is 16.4. The van der Waals surface area contributed by atoms with Crippen molar-refractivity contribution < 1.29 is 14.7 Å². The lowest BCUT2D eigenvalue weighted by atomic mass is 10.1. The van der Waals surface area contributed by atoms with E-state index in [0.29, 0.717) is 19.4 Å². The van der Waals surface area contributed by atoms with Gasteiger partial charge in [0.25, 0.3) is 0 Å². The number of nitrogens with one attached hydrogen (secondary N) is 1. The minimum atomic E-state index is -0.747.